The van der Waals surface area contributed by atoms with Gasteiger partial charge >= 0.3 is 0 Å². The summed E-state index contributed by atoms with van der Waals surface area (Å²) in [5, 5.41) is 6.27. The second-order valence-electron chi connectivity index (χ2n) is 5.42. The zero-order chi connectivity index (χ0) is 19.3. The first-order chi connectivity index (χ1) is 12.3. The summed E-state index contributed by atoms with van der Waals surface area (Å²) in [5.41, 5.74) is 1.03. The van der Waals surface area contributed by atoms with Crippen LogP contribution in [0, 0.1) is 0 Å². The van der Waals surface area contributed by atoms with Gasteiger partial charge in [0.25, 0.3) is 5.91 Å². The molecule has 0 aromatic heterocycles. The van der Waals surface area contributed by atoms with Crippen LogP contribution in [0.2, 0.25) is 15.1 Å². The van der Waals surface area contributed by atoms with Gasteiger partial charge in [0.15, 0.2) is 0 Å². The summed E-state index contributed by atoms with van der Waals surface area (Å²) in [4.78, 5) is 24.4. The quantitative estimate of drug-likeness (QED) is 0.641. The molecule has 0 spiro atoms. The Balaban J connectivity index is 2.28. The number of rotatable bonds is 6. The normalized spacial score (nSPS) is 10.3. The molecule has 0 radical (unpaired) electrons. The van der Waals surface area contributed by atoms with Crippen molar-refractivity contribution in [1.29, 1.82) is 0 Å². The van der Waals surface area contributed by atoms with E-state index < -0.39 is 5.91 Å². The van der Waals surface area contributed by atoms with E-state index in [1.807, 2.05) is 6.92 Å². The fraction of sp³-hybridized carbons (Fsp3) is 0.222. The summed E-state index contributed by atoms with van der Waals surface area (Å²) in [7, 11) is 1.41. The van der Waals surface area contributed by atoms with Crippen LogP contribution in [0.5, 0.6) is 5.75 Å². The molecule has 2 amide bonds. The minimum Gasteiger partial charge on any atom is -0.494 e. The molecule has 2 aromatic rings. The van der Waals surface area contributed by atoms with Gasteiger partial charge in [-0.2, -0.15) is 0 Å². The van der Waals surface area contributed by atoms with E-state index >= 15 is 0 Å². The van der Waals surface area contributed by atoms with E-state index in [0.717, 1.165) is 6.42 Å². The van der Waals surface area contributed by atoms with Gasteiger partial charge in [0.1, 0.15) is 5.75 Å². The summed E-state index contributed by atoms with van der Waals surface area (Å²) in [6.45, 7) is 1.91. The average molecular weight is 416 g/mol. The van der Waals surface area contributed by atoms with Crippen molar-refractivity contribution < 1.29 is 14.3 Å². The molecule has 5 nitrogen and oxygen atoms in total. The molecule has 26 heavy (non-hydrogen) atoms. The molecule has 8 heteroatoms. The van der Waals surface area contributed by atoms with Crippen LogP contribution in [-0.2, 0) is 4.79 Å². The lowest BCUT2D eigenvalue weighted by atomic mass is 10.1. The van der Waals surface area contributed by atoms with E-state index in [-0.39, 0.29) is 22.2 Å². The molecule has 0 heterocycles. The van der Waals surface area contributed by atoms with Gasteiger partial charge in [-0.25, -0.2) is 0 Å². The van der Waals surface area contributed by atoms with Crippen molar-refractivity contribution in [2.75, 3.05) is 17.7 Å². The fourth-order valence-electron chi connectivity index (χ4n) is 2.28. The average Bonchev–Trinajstić information content (AvgIpc) is 2.57. The topological polar surface area (TPSA) is 67.4 Å². The van der Waals surface area contributed by atoms with E-state index in [9.17, 15) is 9.59 Å². The monoisotopic (exact) mass is 414 g/mol. The summed E-state index contributed by atoms with van der Waals surface area (Å²) < 4.78 is 5.18. The van der Waals surface area contributed by atoms with Gasteiger partial charge in [0.2, 0.25) is 5.91 Å². The lowest BCUT2D eigenvalue weighted by Gasteiger charge is -2.13. The molecule has 0 atom stereocenters. The third-order valence-corrected chi connectivity index (χ3v) is 4.26. The van der Waals surface area contributed by atoms with Crippen molar-refractivity contribution in [2.45, 2.75) is 19.8 Å². The molecule has 0 aliphatic carbocycles. The maximum Gasteiger partial charge on any atom is 0.259 e. The van der Waals surface area contributed by atoms with Gasteiger partial charge in [-0.1, -0.05) is 41.7 Å². The summed E-state index contributed by atoms with van der Waals surface area (Å²) in [6, 6.07) is 7.74. The molecule has 2 N–H and O–H groups in total. The van der Waals surface area contributed by atoms with Crippen LogP contribution >= 0.6 is 34.8 Å². The molecule has 0 bridgehead atoms. The number of benzene rings is 2. The lowest BCUT2D eigenvalue weighted by molar-refractivity contribution is -0.116. The zero-order valence-electron chi connectivity index (χ0n) is 14.2. The van der Waals surface area contributed by atoms with Gasteiger partial charge < -0.3 is 15.4 Å². The Morgan fingerprint density at radius 1 is 1.04 bits per heavy atom. The first-order valence-corrected chi connectivity index (χ1v) is 8.92. The maximum atomic E-state index is 12.6. The van der Waals surface area contributed by atoms with Crippen molar-refractivity contribution in [1.82, 2.24) is 0 Å². The number of amides is 2. The minimum atomic E-state index is -0.495. The van der Waals surface area contributed by atoms with Gasteiger partial charge in [0, 0.05) is 17.1 Å². The molecule has 2 rings (SSSR count). The van der Waals surface area contributed by atoms with Crippen molar-refractivity contribution in [2.24, 2.45) is 0 Å². The van der Waals surface area contributed by atoms with E-state index in [1.54, 1.807) is 18.2 Å². The molecule has 0 aliphatic rings. The molecule has 2 aromatic carbocycles. The predicted molar refractivity (Wildman–Crippen MR) is 106 cm³/mol. The summed E-state index contributed by atoms with van der Waals surface area (Å²) in [6.07, 6.45) is 1.14. The molecule has 0 unspecified atom stereocenters. The minimum absolute atomic E-state index is 0.115. The molecular formula is C18H17Cl3N2O3. The molecule has 0 fully saturated rings. The van der Waals surface area contributed by atoms with Crippen molar-refractivity contribution >= 4 is 58.0 Å². The summed E-state index contributed by atoms with van der Waals surface area (Å²) >= 11 is 18.2. The molecule has 0 saturated carbocycles. The Morgan fingerprint density at radius 3 is 2.42 bits per heavy atom. The van der Waals surface area contributed by atoms with Crippen LogP contribution in [0.4, 0.5) is 11.4 Å². The van der Waals surface area contributed by atoms with Gasteiger partial charge in [-0.15, -0.1) is 0 Å². The molecule has 0 aliphatic heterocycles. The largest absolute Gasteiger partial charge is 0.494 e. The van der Waals surface area contributed by atoms with E-state index in [1.165, 1.54) is 19.2 Å². The predicted octanol–water partition coefficient (Wildman–Crippen LogP) is 5.65. The molecule has 0 saturated heterocycles. The number of anilines is 2. The van der Waals surface area contributed by atoms with E-state index in [0.29, 0.717) is 27.8 Å². The Morgan fingerprint density at radius 2 is 1.77 bits per heavy atom. The summed E-state index contributed by atoms with van der Waals surface area (Å²) in [5.74, 6) is -0.405. The second-order valence-corrected chi connectivity index (χ2v) is 6.67. The van der Waals surface area contributed by atoms with Crippen LogP contribution in [-0.4, -0.2) is 18.9 Å². The highest BCUT2D eigenvalue weighted by Gasteiger charge is 2.18. The second kappa shape index (κ2) is 9.12. The zero-order valence-corrected chi connectivity index (χ0v) is 16.4. The standard InChI is InChI=1S/C18H17Cl3N2O3/c1-3-4-16(24)22-11-5-6-13(20)15(9-11)23-18(25)12-7-10(19)8-14(21)17(12)26-2/h5-9H,3-4H2,1-2H3,(H,22,24)(H,23,25). The highest BCUT2D eigenvalue weighted by molar-refractivity contribution is 6.37. The number of hydrogen-bond donors (Lipinski definition) is 2. The Bertz CT molecular complexity index is 841. The first kappa shape index (κ1) is 20.4. The number of carbonyl (C=O) groups excluding carboxylic acids is 2. The van der Waals surface area contributed by atoms with Crippen LogP contribution < -0.4 is 15.4 Å². The number of halogens is 3. The number of carbonyl (C=O) groups is 2. The van der Waals surface area contributed by atoms with Gasteiger partial charge in [-0.05, 0) is 36.8 Å². The SMILES string of the molecule is CCCC(=O)Nc1ccc(Cl)c(NC(=O)c2cc(Cl)cc(Cl)c2OC)c1. The van der Waals surface area contributed by atoms with Crippen LogP contribution in [0.3, 0.4) is 0 Å². The highest BCUT2D eigenvalue weighted by Crippen LogP contribution is 2.33. The van der Waals surface area contributed by atoms with Gasteiger partial charge in [0.05, 0.1) is 28.4 Å². The van der Waals surface area contributed by atoms with Crippen LogP contribution in [0.15, 0.2) is 30.3 Å². The Kier molecular flexibility index (Phi) is 7.14. The molecular weight excluding hydrogens is 399 g/mol. The van der Waals surface area contributed by atoms with E-state index in [4.69, 9.17) is 39.5 Å². The van der Waals surface area contributed by atoms with Gasteiger partial charge in [-0.3, -0.25) is 9.59 Å². The number of ether oxygens (including phenoxy) is 1. The third-order valence-electron chi connectivity index (χ3n) is 3.43. The number of nitrogens with one attached hydrogen (secondary N) is 2. The number of hydrogen-bond acceptors (Lipinski definition) is 3. The van der Waals surface area contributed by atoms with Crippen molar-refractivity contribution in [3.63, 3.8) is 0 Å². The number of methoxy groups -OCH3 is 1. The van der Waals surface area contributed by atoms with E-state index in [2.05, 4.69) is 10.6 Å². The first-order valence-electron chi connectivity index (χ1n) is 7.79. The Labute approximate surface area is 166 Å². The lowest BCUT2D eigenvalue weighted by Crippen LogP contribution is -2.15. The van der Waals surface area contributed by atoms with Crippen molar-refractivity contribution in [3.05, 3.63) is 51.0 Å². The maximum absolute atomic E-state index is 12.6. The van der Waals surface area contributed by atoms with Crippen LogP contribution in [0.1, 0.15) is 30.1 Å². The Hall–Kier alpha value is -1.95. The fourth-order valence-corrected chi connectivity index (χ4v) is 3.01. The molecule has 138 valence electrons. The smallest absolute Gasteiger partial charge is 0.259 e. The highest BCUT2D eigenvalue weighted by atomic mass is 35.5. The van der Waals surface area contributed by atoms with Crippen LogP contribution in [0.25, 0.3) is 0 Å². The third kappa shape index (κ3) is 5.04. The van der Waals surface area contributed by atoms with Crippen molar-refractivity contribution in [3.8, 4) is 5.75 Å².